The van der Waals surface area contributed by atoms with Gasteiger partial charge in [0.2, 0.25) is 5.95 Å². The van der Waals surface area contributed by atoms with Crippen LogP contribution in [-0.2, 0) is 4.79 Å². The number of carbonyl (C=O) groups excluding carboxylic acids is 1. The molecule has 0 aliphatic rings. The molecule has 0 unspecified atom stereocenters. The van der Waals surface area contributed by atoms with E-state index < -0.39 is 17.8 Å². The molecule has 0 aromatic carbocycles. The number of fused-ring (bicyclic) bond motifs is 1. The highest BCUT2D eigenvalue weighted by atomic mass is 33.1. The van der Waals surface area contributed by atoms with Gasteiger partial charge in [0.1, 0.15) is 5.65 Å². The smallest absolute Gasteiger partial charge is 0.304 e. The second kappa shape index (κ2) is 8.04. The van der Waals surface area contributed by atoms with Gasteiger partial charge >= 0.3 is 5.97 Å². The second-order valence-corrected chi connectivity index (χ2v) is 6.93. The van der Waals surface area contributed by atoms with Crippen LogP contribution in [0, 0.1) is 5.95 Å². The molecule has 2 aromatic heterocycles. The van der Waals surface area contributed by atoms with Crippen LogP contribution in [-0.4, -0.2) is 44.4 Å². The van der Waals surface area contributed by atoms with Crippen LogP contribution >= 0.6 is 21.6 Å². The molecule has 0 saturated heterocycles. The minimum Gasteiger partial charge on any atom is -0.481 e. The molecule has 0 bridgehead atoms. The molecule has 0 saturated carbocycles. The Hall–Kier alpha value is -1.74. The number of nitrogens with zero attached hydrogens (tertiary/aromatic N) is 2. The number of hydrogen-bond acceptors (Lipinski definition) is 5. The number of hydrogen-bond donors (Lipinski definition) is 2. The Kier molecular flexibility index (Phi) is 6.08. The van der Waals surface area contributed by atoms with E-state index in [2.05, 4.69) is 10.3 Å². The highest BCUT2D eigenvalue weighted by Crippen LogP contribution is 2.21. The van der Waals surface area contributed by atoms with Crippen LogP contribution in [0.2, 0.25) is 0 Å². The topological polar surface area (TPSA) is 83.7 Å². The predicted octanol–water partition coefficient (Wildman–Crippen LogP) is 2.06. The fourth-order valence-corrected chi connectivity index (χ4v) is 3.53. The van der Waals surface area contributed by atoms with E-state index in [1.165, 1.54) is 32.2 Å². The molecule has 2 rings (SSSR count). The summed E-state index contributed by atoms with van der Waals surface area (Å²) in [5.74, 6) is -0.960. The molecule has 22 heavy (non-hydrogen) atoms. The zero-order valence-corrected chi connectivity index (χ0v) is 13.1. The fraction of sp³-hybridized carbons (Fsp3) is 0.308. The first kappa shape index (κ1) is 16.6. The Morgan fingerprint density at radius 2 is 2.09 bits per heavy atom. The molecule has 9 heteroatoms. The summed E-state index contributed by atoms with van der Waals surface area (Å²) in [5, 5.41) is 11.1. The lowest BCUT2D eigenvalue weighted by atomic mass is 10.4. The van der Waals surface area contributed by atoms with Crippen LogP contribution in [0.5, 0.6) is 0 Å². The summed E-state index contributed by atoms with van der Waals surface area (Å²) in [6.07, 6.45) is 1.61. The Labute approximate surface area is 133 Å². The molecule has 2 aromatic rings. The van der Waals surface area contributed by atoms with Crippen LogP contribution in [0.15, 0.2) is 24.4 Å². The van der Waals surface area contributed by atoms with E-state index in [9.17, 15) is 14.0 Å². The van der Waals surface area contributed by atoms with Gasteiger partial charge in [-0.15, -0.1) is 0 Å². The predicted molar refractivity (Wildman–Crippen MR) is 84.7 cm³/mol. The minimum absolute atomic E-state index is 0.108. The van der Waals surface area contributed by atoms with E-state index >= 15 is 0 Å². The largest absolute Gasteiger partial charge is 0.481 e. The number of halogens is 1. The molecule has 0 fully saturated rings. The molecule has 2 heterocycles. The van der Waals surface area contributed by atoms with Gasteiger partial charge in [-0.05, 0) is 12.1 Å². The van der Waals surface area contributed by atoms with Crippen molar-refractivity contribution in [2.24, 2.45) is 0 Å². The maximum absolute atomic E-state index is 14.0. The molecule has 0 aliphatic heterocycles. The number of amides is 1. The van der Waals surface area contributed by atoms with Gasteiger partial charge in [-0.3, -0.25) is 14.0 Å². The van der Waals surface area contributed by atoms with Crippen molar-refractivity contribution >= 4 is 39.1 Å². The number of nitrogens with one attached hydrogen (secondary N) is 1. The molecular weight excluding hydrogens is 329 g/mol. The first-order chi connectivity index (χ1) is 10.6. The lowest BCUT2D eigenvalue weighted by Gasteiger charge is -2.02. The van der Waals surface area contributed by atoms with Crippen molar-refractivity contribution in [2.45, 2.75) is 6.42 Å². The van der Waals surface area contributed by atoms with Gasteiger partial charge < -0.3 is 10.4 Å². The maximum atomic E-state index is 14.0. The Bertz CT molecular complexity index is 678. The summed E-state index contributed by atoms with van der Waals surface area (Å²) in [4.78, 5) is 26.2. The number of rotatable bonds is 8. The van der Waals surface area contributed by atoms with Crippen molar-refractivity contribution in [1.29, 1.82) is 0 Å². The van der Waals surface area contributed by atoms with Crippen LogP contribution in [0.3, 0.4) is 0 Å². The average molecular weight is 343 g/mol. The molecule has 118 valence electrons. The third kappa shape index (κ3) is 4.38. The van der Waals surface area contributed by atoms with Gasteiger partial charge in [0.15, 0.2) is 5.69 Å². The highest BCUT2D eigenvalue weighted by Gasteiger charge is 2.18. The van der Waals surface area contributed by atoms with Crippen molar-refractivity contribution in [3.8, 4) is 0 Å². The van der Waals surface area contributed by atoms with E-state index in [0.29, 0.717) is 23.7 Å². The standard InChI is InChI=1S/C13H14FN3O3S2/c14-12-11(16-9-3-1-2-6-17(9)12)13(20)15-5-8-22-21-7-4-10(18)19/h1-3,6H,4-5,7-8H2,(H,15,20)(H,18,19). The van der Waals surface area contributed by atoms with Crippen molar-refractivity contribution in [3.63, 3.8) is 0 Å². The van der Waals surface area contributed by atoms with Crippen LogP contribution in [0.25, 0.3) is 5.65 Å². The first-order valence-corrected chi connectivity index (χ1v) is 8.95. The van der Waals surface area contributed by atoms with E-state index in [-0.39, 0.29) is 12.1 Å². The summed E-state index contributed by atoms with van der Waals surface area (Å²) in [6.45, 7) is 0.358. The summed E-state index contributed by atoms with van der Waals surface area (Å²) >= 11 is 0. The van der Waals surface area contributed by atoms with E-state index in [1.54, 1.807) is 18.2 Å². The second-order valence-electron chi connectivity index (χ2n) is 4.22. The fourth-order valence-electron chi connectivity index (χ4n) is 1.65. The molecule has 0 aliphatic carbocycles. The van der Waals surface area contributed by atoms with Crippen molar-refractivity contribution in [1.82, 2.24) is 14.7 Å². The number of imidazole rings is 1. The Balaban J connectivity index is 1.77. The van der Waals surface area contributed by atoms with Crippen LogP contribution < -0.4 is 5.32 Å². The monoisotopic (exact) mass is 343 g/mol. The van der Waals surface area contributed by atoms with Gasteiger partial charge in [0.05, 0.1) is 6.42 Å². The maximum Gasteiger partial charge on any atom is 0.304 e. The minimum atomic E-state index is -0.830. The normalized spacial score (nSPS) is 10.8. The molecule has 0 spiro atoms. The lowest BCUT2D eigenvalue weighted by Crippen LogP contribution is -2.26. The highest BCUT2D eigenvalue weighted by molar-refractivity contribution is 8.76. The van der Waals surface area contributed by atoms with Crippen molar-refractivity contribution in [3.05, 3.63) is 36.0 Å². The molecule has 0 atom stereocenters. The Morgan fingerprint density at radius 3 is 2.82 bits per heavy atom. The van der Waals surface area contributed by atoms with Crippen molar-refractivity contribution in [2.75, 3.05) is 18.1 Å². The summed E-state index contributed by atoms with van der Waals surface area (Å²) in [6, 6.07) is 4.99. The van der Waals surface area contributed by atoms with Gasteiger partial charge in [-0.1, -0.05) is 27.7 Å². The van der Waals surface area contributed by atoms with E-state index in [4.69, 9.17) is 5.11 Å². The zero-order valence-electron chi connectivity index (χ0n) is 11.5. The van der Waals surface area contributed by atoms with Gasteiger partial charge in [-0.2, -0.15) is 4.39 Å². The number of aromatic nitrogens is 2. The molecule has 1 amide bonds. The quantitative estimate of drug-likeness (QED) is 0.564. The van der Waals surface area contributed by atoms with Gasteiger partial charge in [0.25, 0.3) is 5.91 Å². The third-order valence-electron chi connectivity index (χ3n) is 2.64. The molecular formula is C13H14FN3O3S2. The van der Waals surface area contributed by atoms with Crippen molar-refractivity contribution < 1.29 is 19.1 Å². The van der Waals surface area contributed by atoms with Gasteiger partial charge in [-0.25, -0.2) is 4.98 Å². The molecule has 2 N–H and O–H groups in total. The lowest BCUT2D eigenvalue weighted by molar-refractivity contribution is -0.136. The van der Waals surface area contributed by atoms with E-state index in [1.807, 2.05) is 0 Å². The molecule has 0 radical (unpaired) electrons. The number of carbonyl (C=O) groups is 2. The summed E-state index contributed by atoms with van der Waals surface area (Å²) in [7, 11) is 2.89. The Morgan fingerprint density at radius 1 is 1.32 bits per heavy atom. The zero-order chi connectivity index (χ0) is 15.9. The van der Waals surface area contributed by atoms with Crippen LogP contribution in [0.1, 0.15) is 16.9 Å². The number of carboxylic acid groups (broad SMARTS) is 1. The number of aliphatic carboxylic acids is 1. The number of carboxylic acids is 1. The average Bonchev–Trinajstić information content (AvgIpc) is 2.83. The van der Waals surface area contributed by atoms with Crippen LogP contribution in [0.4, 0.5) is 4.39 Å². The SMILES string of the molecule is O=C(O)CCSSCCNC(=O)c1nc2ccccn2c1F. The third-order valence-corrected chi connectivity index (χ3v) is 5.05. The molecule has 6 nitrogen and oxygen atoms in total. The first-order valence-electron chi connectivity index (χ1n) is 6.46. The summed E-state index contributed by atoms with van der Waals surface area (Å²) < 4.78 is 15.2. The summed E-state index contributed by atoms with van der Waals surface area (Å²) in [5.41, 5.74) is 0.151. The number of pyridine rings is 1. The van der Waals surface area contributed by atoms with E-state index in [0.717, 1.165) is 0 Å². The van der Waals surface area contributed by atoms with Gasteiger partial charge in [0, 0.05) is 24.2 Å².